The molecule has 0 radical (unpaired) electrons. The second-order valence-electron chi connectivity index (χ2n) is 5.60. The van der Waals surface area contributed by atoms with Gasteiger partial charge in [0.05, 0.1) is 6.10 Å². The van der Waals surface area contributed by atoms with Crippen molar-refractivity contribution in [1.29, 1.82) is 0 Å². The maximum Gasteiger partial charge on any atom is 0.119 e. The summed E-state index contributed by atoms with van der Waals surface area (Å²) < 4.78 is 5.65. The lowest BCUT2D eigenvalue weighted by atomic mass is 9.73. The van der Waals surface area contributed by atoms with Gasteiger partial charge >= 0.3 is 0 Å². The molecule has 0 fully saturated rings. The molecule has 3 heteroatoms. The van der Waals surface area contributed by atoms with E-state index in [4.69, 9.17) is 10.5 Å². The maximum absolute atomic E-state index is 9.30. The van der Waals surface area contributed by atoms with Gasteiger partial charge in [-0.15, -0.1) is 0 Å². The minimum Gasteiger partial charge on any atom is -0.491 e. The molecule has 1 aromatic carbocycles. The van der Waals surface area contributed by atoms with Crippen molar-refractivity contribution < 1.29 is 9.84 Å². The van der Waals surface area contributed by atoms with E-state index in [0.717, 1.165) is 17.7 Å². The molecule has 0 saturated heterocycles. The zero-order valence-corrected chi connectivity index (χ0v) is 12.5. The van der Waals surface area contributed by atoms with Gasteiger partial charge in [0.1, 0.15) is 5.75 Å². The number of nitrogens with two attached hydrogens (primary N) is 1. The first-order chi connectivity index (χ1) is 8.93. The summed E-state index contributed by atoms with van der Waals surface area (Å²) in [5.74, 6) is 0.871. The first-order valence-corrected chi connectivity index (χ1v) is 7.07. The van der Waals surface area contributed by atoms with Crippen LogP contribution in [0.1, 0.15) is 46.1 Å². The van der Waals surface area contributed by atoms with E-state index in [1.807, 2.05) is 26.0 Å². The van der Waals surface area contributed by atoms with Gasteiger partial charge in [-0.05, 0) is 44.4 Å². The zero-order chi connectivity index (χ0) is 14.5. The van der Waals surface area contributed by atoms with Crippen LogP contribution in [0, 0.1) is 0 Å². The van der Waals surface area contributed by atoms with Gasteiger partial charge in [-0.3, -0.25) is 0 Å². The van der Waals surface area contributed by atoms with E-state index in [-0.39, 0.29) is 24.2 Å². The van der Waals surface area contributed by atoms with Crippen LogP contribution in [0.4, 0.5) is 0 Å². The summed E-state index contributed by atoms with van der Waals surface area (Å²) in [6.45, 7) is 8.37. The van der Waals surface area contributed by atoms with Crippen molar-refractivity contribution >= 4 is 0 Å². The summed E-state index contributed by atoms with van der Waals surface area (Å²) >= 11 is 0. The number of aliphatic hydroxyl groups is 1. The van der Waals surface area contributed by atoms with Crippen LogP contribution in [0.5, 0.6) is 5.75 Å². The van der Waals surface area contributed by atoms with Crippen molar-refractivity contribution in [2.75, 3.05) is 6.61 Å². The second-order valence-corrected chi connectivity index (χ2v) is 5.60. The molecule has 0 aliphatic heterocycles. The van der Waals surface area contributed by atoms with Crippen molar-refractivity contribution in [3.05, 3.63) is 29.8 Å². The third-order valence-corrected chi connectivity index (χ3v) is 3.77. The van der Waals surface area contributed by atoms with Crippen LogP contribution < -0.4 is 10.5 Å². The molecule has 0 bridgehead atoms. The van der Waals surface area contributed by atoms with Gasteiger partial charge < -0.3 is 15.6 Å². The summed E-state index contributed by atoms with van der Waals surface area (Å²) in [6, 6.07) is 8.11. The summed E-state index contributed by atoms with van der Waals surface area (Å²) in [6.07, 6.45) is 1.74. The highest BCUT2D eigenvalue weighted by atomic mass is 16.5. The number of rotatable bonds is 7. The fourth-order valence-corrected chi connectivity index (χ4v) is 2.41. The Morgan fingerprint density at radius 1 is 1.26 bits per heavy atom. The fourth-order valence-electron chi connectivity index (χ4n) is 2.41. The number of hydrogen-bond acceptors (Lipinski definition) is 3. The maximum atomic E-state index is 9.30. The van der Waals surface area contributed by atoms with E-state index < -0.39 is 0 Å². The first kappa shape index (κ1) is 16.0. The van der Waals surface area contributed by atoms with Crippen LogP contribution in [0.3, 0.4) is 0 Å². The zero-order valence-electron chi connectivity index (χ0n) is 12.5. The average Bonchev–Trinajstić information content (AvgIpc) is 2.38. The van der Waals surface area contributed by atoms with E-state index in [0.29, 0.717) is 6.42 Å². The van der Waals surface area contributed by atoms with Crippen LogP contribution in [0.15, 0.2) is 24.3 Å². The second kappa shape index (κ2) is 6.92. The molecule has 108 valence electrons. The van der Waals surface area contributed by atoms with E-state index in [2.05, 4.69) is 26.0 Å². The predicted octanol–water partition coefficient (Wildman–Crippen LogP) is 2.85. The topological polar surface area (TPSA) is 55.5 Å². The number of benzene rings is 1. The molecular weight excluding hydrogens is 238 g/mol. The minimum absolute atomic E-state index is 0.0384. The molecule has 0 heterocycles. The Morgan fingerprint density at radius 2 is 1.84 bits per heavy atom. The lowest BCUT2D eigenvalue weighted by Crippen LogP contribution is -2.43. The summed E-state index contributed by atoms with van der Waals surface area (Å²) in [5.41, 5.74) is 7.21. The molecule has 3 N–H and O–H groups in total. The lowest BCUT2D eigenvalue weighted by molar-refractivity contribution is 0.222. The van der Waals surface area contributed by atoms with Gasteiger partial charge in [0.15, 0.2) is 0 Å². The Bertz CT molecular complexity index is 375. The van der Waals surface area contributed by atoms with Gasteiger partial charge in [0, 0.05) is 18.1 Å². The summed E-state index contributed by atoms with van der Waals surface area (Å²) in [5, 5.41) is 9.30. The standard InChI is InChI=1S/C16H27NO2/c1-5-15(17)16(4,10-11-18)13-6-8-14(9-7-13)19-12(2)3/h6-9,12,15,18H,5,10-11,17H2,1-4H3. The number of ether oxygens (including phenoxy) is 1. The average molecular weight is 265 g/mol. The molecular formula is C16H27NO2. The quantitative estimate of drug-likeness (QED) is 0.797. The third kappa shape index (κ3) is 3.95. The van der Waals surface area contributed by atoms with Gasteiger partial charge in [0.2, 0.25) is 0 Å². The molecule has 1 rings (SSSR count). The van der Waals surface area contributed by atoms with E-state index in [1.165, 1.54) is 0 Å². The van der Waals surface area contributed by atoms with E-state index in [1.54, 1.807) is 0 Å². The molecule has 0 aliphatic rings. The van der Waals surface area contributed by atoms with E-state index >= 15 is 0 Å². The molecule has 0 saturated carbocycles. The van der Waals surface area contributed by atoms with Crippen LogP contribution in [-0.4, -0.2) is 23.9 Å². The Labute approximate surface area is 116 Å². The molecule has 0 spiro atoms. The minimum atomic E-state index is -0.195. The smallest absolute Gasteiger partial charge is 0.119 e. The molecule has 0 aliphatic carbocycles. The summed E-state index contributed by atoms with van der Waals surface area (Å²) in [7, 11) is 0. The van der Waals surface area contributed by atoms with Crippen LogP contribution in [0.25, 0.3) is 0 Å². The normalized spacial score (nSPS) is 16.2. The number of aliphatic hydroxyl groups excluding tert-OH is 1. The van der Waals surface area contributed by atoms with Crippen molar-refractivity contribution in [2.24, 2.45) is 5.73 Å². The first-order valence-electron chi connectivity index (χ1n) is 7.07. The predicted molar refractivity (Wildman–Crippen MR) is 79.5 cm³/mol. The van der Waals surface area contributed by atoms with Gasteiger partial charge in [-0.2, -0.15) is 0 Å². The highest BCUT2D eigenvalue weighted by Gasteiger charge is 2.32. The van der Waals surface area contributed by atoms with Gasteiger partial charge in [-0.1, -0.05) is 26.0 Å². The molecule has 0 aromatic heterocycles. The van der Waals surface area contributed by atoms with Crippen LogP contribution in [0.2, 0.25) is 0 Å². The van der Waals surface area contributed by atoms with Crippen molar-refractivity contribution in [2.45, 2.75) is 58.1 Å². The van der Waals surface area contributed by atoms with Gasteiger partial charge in [0.25, 0.3) is 0 Å². The Balaban J connectivity index is 2.97. The van der Waals surface area contributed by atoms with Crippen LogP contribution >= 0.6 is 0 Å². The SMILES string of the molecule is CCC(N)C(C)(CCO)c1ccc(OC(C)C)cc1. The molecule has 2 atom stereocenters. The molecule has 2 unspecified atom stereocenters. The Morgan fingerprint density at radius 3 is 2.26 bits per heavy atom. The molecule has 0 amide bonds. The largest absolute Gasteiger partial charge is 0.491 e. The highest BCUT2D eigenvalue weighted by molar-refractivity contribution is 5.33. The molecule has 19 heavy (non-hydrogen) atoms. The molecule has 3 nitrogen and oxygen atoms in total. The molecule has 1 aromatic rings. The lowest BCUT2D eigenvalue weighted by Gasteiger charge is -2.35. The number of hydrogen-bond donors (Lipinski definition) is 2. The summed E-state index contributed by atoms with van der Waals surface area (Å²) in [4.78, 5) is 0. The van der Waals surface area contributed by atoms with Crippen LogP contribution in [-0.2, 0) is 5.41 Å². The highest BCUT2D eigenvalue weighted by Crippen LogP contribution is 2.32. The van der Waals surface area contributed by atoms with E-state index in [9.17, 15) is 5.11 Å². The Kier molecular flexibility index (Phi) is 5.83. The van der Waals surface area contributed by atoms with Gasteiger partial charge in [-0.25, -0.2) is 0 Å². The Hall–Kier alpha value is -1.06. The monoisotopic (exact) mass is 265 g/mol. The van der Waals surface area contributed by atoms with Crippen molar-refractivity contribution in [3.8, 4) is 5.75 Å². The van der Waals surface area contributed by atoms with Crippen molar-refractivity contribution in [3.63, 3.8) is 0 Å². The fraction of sp³-hybridized carbons (Fsp3) is 0.625. The third-order valence-electron chi connectivity index (χ3n) is 3.77. The van der Waals surface area contributed by atoms with Crippen molar-refractivity contribution in [1.82, 2.24) is 0 Å².